The van der Waals surface area contributed by atoms with Gasteiger partial charge in [-0.25, -0.2) is 9.18 Å². The van der Waals surface area contributed by atoms with Crippen molar-refractivity contribution in [3.63, 3.8) is 0 Å². The van der Waals surface area contributed by atoms with Crippen LogP contribution in [0.5, 0.6) is 0 Å². The van der Waals surface area contributed by atoms with Gasteiger partial charge in [0.25, 0.3) is 0 Å². The Balaban J connectivity index is 1.81. The van der Waals surface area contributed by atoms with Crippen LogP contribution in [-0.4, -0.2) is 51.3 Å². The highest BCUT2D eigenvalue weighted by Gasteiger charge is 2.32. The summed E-state index contributed by atoms with van der Waals surface area (Å²) in [4.78, 5) is 25.5. The minimum Gasteiger partial charge on any atom is -0.436 e. The highest BCUT2D eigenvalue weighted by Crippen LogP contribution is 2.28. The van der Waals surface area contributed by atoms with Crippen LogP contribution < -0.4 is 9.80 Å². The molecule has 2 fully saturated rings. The minimum atomic E-state index is -0.792. The number of benzene rings is 1. The van der Waals surface area contributed by atoms with E-state index in [2.05, 4.69) is 0 Å². The third-order valence-corrected chi connectivity index (χ3v) is 3.58. The molecule has 2 saturated heterocycles. The maximum absolute atomic E-state index is 14.3. The zero-order chi connectivity index (χ0) is 14.8. The largest absolute Gasteiger partial charge is 0.436 e. The standard InChI is InChI=1S/C14H15FN2O4/c15-12-7-10(17-8-11(9-18)21-14(17)19)1-2-13(12)16-3-5-20-6-4-16/h1-2,7,9,11H,3-6,8H2/t11-/m1/s1. The Morgan fingerprint density at radius 2 is 2.05 bits per heavy atom. The topological polar surface area (TPSA) is 59.1 Å². The Labute approximate surface area is 121 Å². The lowest BCUT2D eigenvalue weighted by atomic mass is 10.2. The van der Waals surface area contributed by atoms with Crippen LogP contribution in [0.1, 0.15) is 0 Å². The first-order valence-electron chi connectivity index (χ1n) is 6.75. The summed E-state index contributed by atoms with van der Waals surface area (Å²) in [6.45, 7) is 2.52. The van der Waals surface area contributed by atoms with Crippen LogP contribution in [-0.2, 0) is 14.3 Å². The summed E-state index contributed by atoms with van der Waals surface area (Å²) in [7, 11) is 0. The van der Waals surface area contributed by atoms with Gasteiger partial charge in [0.2, 0.25) is 0 Å². The number of anilines is 2. The van der Waals surface area contributed by atoms with Crippen molar-refractivity contribution in [1.29, 1.82) is 0 Å². The van der Waals surface area contributed by atoms with Gasteiger partial charge in [-0.05, 0) is 18.2 Å². The molecule has 0 radical (unpaired) electrons. The zero-order valence-electron chi connectivity index (χ0n) is 11.3. The maximum atomic E-state index is 14.3. The number of morpholine rings is 1. The molecule has 0 aliphatic carbocycles. The normalized spacial score (nSPS) is 22.3. The number of amides is 1. The molecular weight excluding hydrogens is 279 g/mol. The van der Waals surface area contributed by atoms with Crippen molar-refractivity contribution in [3.05, 3.63) is 24.0 Å². The predicted octanol–water partition coefficient (Wildman–Crippen LogP) is 1.19. The van der Waals surface area contributed by atoms with Gasteiger partial charge in [0.05, 0.1) is 31.1 Å². The van der Waals surface area contributed by atoms with Gasteiger partial charge in [0.15, 0.2) is 12.4 Å². The van der Waals surface area contributed by atoms with Crippen LogP contribution >= 0.6 is 0 Å². The molecule has 112 valence electrons. The van der Waals surface area contributed by atoms with E-state index in [1.807, 2.05) is 4.90 Å². The highest BCUT2D eigenvalue weighted by atomic mass is 19.1. The summed E-state index contributed by atoms with van der Waals surface area (Å²) in [6, 6.07) is 4.58. The predicted molar refractivity (Wildman–Crippen MR) is 73.1 cm³/mol. The lowest BCUT2D eigenvalue weighted by Gasteiger charge is -2.29. The summed E-state index contributed by atoms with van der Waals surface area (Å²) in [5.74, 6) is -0.406. The van der Waals surface area contributed by atoms with Gasteiger partial charge in [0.1, 0.15) is 5.82 Å². The molecule has 0 aromatic heterocycles. The number of carbonyl (C=O) groups excluding carboxylic acids is 2. The van der Waals surface area contributed by atoms with E-state index in [0.717, 1.165) is 0 Å². The van der Waals surface area contributed by atoms with E-state index >= 15 is 0 Å². The smallest absolute Gasteiger partial charge is 0.415 e. The Morgan fingerprint density at radius 3 is 2.67 bits per heavy atom. The second kappa shape index (κ2) is 5.69. The van der Waals surface area contributed by atoms with Gasteiger partial charge in [-0.2, -0.15) is 0 Å². The van der Waals surface area contributed by atoms with Crippen molar-refractivity contribution < 1.29 is 23.5 Å². The number of aldehydes is 1. The molecule has 0 spiro atoms. The van der Waals surface area contributed by atoms with Crippen molar-refractivity contribution in [1.82, 2.24) is 0 Å². The first-order valence-corrected chi connectivity index (χ1v) is 6.75. The lowest BCUT2D eigenvalue weighted by Crippen LogP contribution is -2.36. The monoisotopic (exact) mass is 294 g/mol. The van der Waals surface area contributed by atoms with E-state index in [9.17, 15) is 14.0 Å². The molecule has 1 aromatic carbocycles. The molecule has 1 amide bonds. The molecule has 2 aliphatic heterocycles. The summed E-state index contributed by atoms with van der Waals surface area (Å²) >= 11 is 0. The third kappa shape index (κ3) is 2.69. The van der Waals surface area contributed by atoms with Gasteiger partial charge < -0.3 is 14.4 Å². The molecule has 7 heteroatoms. The van der Waals surface area contributed by atoms with E-state index in [4.69, 9.17) is 9.47 Å². The summed E-state index contributed by atoms with van der Waals surface area (Å²) < 4.78 is 24.3. The molecule has 0 bridgehead atoms. The van der Waals surface area contributed by atoms with Crippen LogP contribution in [0.15, 0.2) is 18.2 Å². The van der Waals surface area contributed by atoms with E-state index < -0.39 is 18.0 Å². The molecule has 1 atom stereocenters. The number of hydrogen-bond donors (Lipinski definition) is 0. The minimum absolute atomic E-state index is 0.110. The van der Waals surface area contributed by atoms with E-state index in [-0.39, 0.29) is 6.54 Å². The van der Waals surface area contributed by atoms with Crippen molar-refractivity contribution in [2.24, 2.45) is 0 Å². The molecule has 2 heterocycles. The second-order valence-corrected chi connectivity index (χ2v) is 4.90. The molecule has 0 unspecified atom stereocenters. The fourth-order valence-corrected chi connectivity index (χ4v) is 2.49. The van der Waals surface area contributed by atoms with Crippen molar-refractivity contribution >= 4 is 23.8 Å². The van der Waals surface area contributed by atoms with Crippen molar-refractivity contribution in [2.45, 2.75) is 6.10 Å². The first kappa shape index (κ1) is 13.8. The first-order chi connectivity index (χ1) is 10.2. The number of cyclic esters (lactones) is 1. The fourth-order valence-electron chi connectivity index (χ4n) is 2.49. The van der Waals surface area contributed by atoms with Gasteiger partial charge in [0, 0.05) is 13.1 Å². The number of hydrogen-bond acceptors (Lipinski definition) is 5. The van der Waals surface area contributed by atoms with E-state index in [1.54, 1.807) is 12.1 Å². The molecule has 3 rings (SSSR count). The Bertz CT molecular complexity index is 560. The molecule has 21 heavy (non-hydrogen) atoms. The average Bonchev–Trinajstić information content (AvgIpc) is 2.89. The summed E-state index contributed by atoms with van der Waals surface area (Å²) in [5, 5.41) is 0. The number of rotatable bonds is 3. The third-order valence-electron chi connectivity index (χ3n) is 3.58. The molecule has 0 N–H and O–H groups in total. The fraction of sp³-hybridized carbons (Fsp3) is 0.429. The van der Waals surface area contributed by atoms with Crippen LogP contribution in [0.25, 0.3) is 0 Å². The Hall–Kier alpha value is -2.15. The molecular formula is C14H15FN2O4. The zero-order valence-corrected chi connectivity index (χ0v) is 11.3. The summed E-state index contributed by atoms with van der Waals surface area (Å²) in [5.41, 5.74) is 0.875. The Morgan fingerprint density at radius 1 is 1.29 bits per heavy atom. The maximum Gasteiger partial charge on any atom is 0.415 e. The number of nitrogens with zero attached hydrogens (tertiary/aromatic N) is 2. The van der Waals surface area contributed by atoms with Crippen molar-refractivity contribution in [2.75, 3.05) is 42.6 Å². The van der Waals surface area contributed by atoms with Crippen molar-refractivity contribution in [3.8, 4) is 0 Å². The molecule has 6 nitrogen and oxygen atoms in total. The van der Waals surface area contributed by atoms with E-state index in [0.29, 0.717) is 44.0 Å². The van der Waals surface area contributed by atoms with Gasteiger partial charge in [-0.15, -0.1) is 0 Å². The molecule has 0 saturated carbocycles. The van der Waals surface area contributed by atoms with Crippen LogP contribution in [0, 0.1) is 5.82 Å². The summed E-state index contributed by atoms with van der Waals surface area (Å²) in [6.07, 6.45) is -0.860. The quantitative estimate of drug-likeness (QED) is 0.784. The second-order valence-electron chi connectivity index (χ2n) is 4.90. The van der Waals surface area contributed by atoms with Crippen LogP contribution in [0.3, 0.4) is 0 Å². The SMILES string of the molecule is O=C[C@H]1CN(c2ccc(N3CCOCC3)c(F)c2)C(=O)O1. The highest BCUT2D eigenvalue weighted by molar-refractivity contribution is 5.92. The number of ether oxygens (including phenoxy) is 2. The van der Waals surface area contributed by atoms with Crippen LogP contribution in [0.4, 0.5) is 20.6 Å². The lowest BCUT2D eigenvalue weighted by molar-refractivity contribution is -0.113. The van der Waals surface area contributed by atoms with Gasteiger partial charge in [-0.1, -0.05) is 0 Å². The average molecular weight is 294 g/mol. The molecule has 1 aromatic rings. The van der Waals surface area contributed by atoms with E-state index in [1.165, 1.54) is 11.0 Å². The van der Waals surface area contributed by atoms with Gasteiger partial charge >= 0.3 is 6.09 Å². The number of carbonyl (C=O) groups is 2. The van der Waals surface area contributed by atoms with Gasteiger partial charge in [-0.3, -0.25) is 9.69 Å². The Kier molecular flexibility index (Phi) is 3.74. The number of halogens is 1. The molecule has 2 aliphatic rings. The van der Waals surface area contributed by atoms with Crippen LogP contribution in [0.2, 0.25) is 0 Å².